The number of rotatable bonds is 0. The van der Waals surface area contributed by atoms with E-state index in [9.17, 15) is 4.39 Å². The summed E-state index contributed by atoms with van der Waals surface area (Å²) >= 11 is 5.33. The molecule has 3 nitrogen and oxygen atoms in total. The molecule has 74 valence electrons. The van der Waals surface area contributed by atoms with E-state index >= 15 is 0 Å². The fourth-order valence-corrected chi connectivity index (χ4v) is 0.575. The molecular formula is C6H5Cl2FO3S. The molecule has 7 heteroatoms. The molecule has 13 heavy (non-hydrogen) atoms. The minimum atomic E-state index is -4.19. The number of hydrogen-bond acceptors (Lipinski definition) is 2. The Morgan fingerprint density at radius 3 is 1.92 bits per heavy atom. The van der Waals surface area contributed by atoms with Gasteiger partial charge in [0.2, 0.25) is 0 Å². The minimum absolute atomic E-state index is 0.174. The van der Waals surface area contributed by atoms with Crippen LogP contribution in [0.25, 0.3) is 0 Å². The van der Waals surface area contributed by atoms with Crippen molar-refractivity contribution in [1.29, 1.82) is 0 Å². The zero-order valence-corrected chi connectivity index (χ0v) is 8.44. The second-order valence-corrected chi connectivity index (χ2v) is 4.23. The molecule has 0 saturated carbocycles. The van der Waals surface area contributed by atoms with Gasteiger partial charge in [0.25, 0.3) is 0 Å². The Labute approximate surface area is 84.3 Å². The molecule has 1 N–H and O–H groups in total. The van der Waals surface area contributed by atoms with Crippen LogP contribution in [0.15, 0.2) is 24.3 Å². The van der Waals surface area contributed by atoms with Gasteiger partial charge in [-0.25, -0.2) is 4.39 Å². The standard InChI is InChI=1S/C6H4ClF.ClHO3S/c7-5-3-1-2-4-6(5)8;1-5(2,3)4/h1-4H;(H,2,3,4). The lowest BCUT2D eigenvalue weighted by atomic mass is 10.4. The van der Waals surface area contributed by atoms with E-state index in [0.29, 0.717) is 0 Å². The van der Waals surface area contributed by atoms with Crippen molar-refractivity contribution in [3.8, 4) is 0 Å². The SMILES string of the molecule is Fc1ccccc1Cl.O=S(=O)(O)Cl. The van der Waals surface area contributed by atoms with Gasteiger partial charge in [-0.3, -0.25) is 4.55 Å². The fourth-order valence-electron chi connectivity index (χ4n) is 0.439. The van der Waals surface area contributed by atoms with Crippen LogP contribution in [-0.4, -0.2) is 13.0 Å². The molecule has 0 aliphatic rings. The molecule has 1 aromatic carbocycles. The molecule has 0 aliphatic heterocycles. The summed E-state index contributed by atoms with van der Waals surface area (Å²) in [5.41, 5.74) is 0. The lowest BCUT2D eigenvalue weighted by molar-refractivity contribution is 0.501. The number of halogens is 3. The maximum absolute atomic E-state index is 12.2. The van der Waals surface area contributed by atoms with Gasteiger partial charge < -0.3 is 0 Å². The first-order chi connectivity index (χ1) is 5.80. The average Bonchev–Trinajstić information content (AvgIpc) is 1.92. The molecule has 0 saturated heterocycles. The van der Waals surface area contributed by atoms with Crippen molar-refractivity contribution < 1.29 is 17.4 Å². The van der Waals surface area contributed by atoms with Gasteiger partial charge in [-0.1, -0.05) is 23.7 Å². The van der Waals surface area contributed by atoms with Gasteiger partial charge in [-0.2, -0.15) is 8.42 Å². The van der Waals surface area contributed by atoms with Gasteiger partial charge in [-0.05, 0) is 12.1 Å². The summed E-state index contributed by atoms with van der Waals surface area (Å²) in [6.45, 7) is 0. The number of benzene rings is 1. The summed E-state index contributed by atoms with van der Waals surface area (Å²) in [5, 5.41) is 0.174. The first-order valence-corrected chi connectivity index (χ1v) is 5.52. The second-order valence-electron chi connectivity index (χ2n) is 1.83. The minimum Gasteiger partial charge on any atom is -0.273 e. The van der Waals surface area contributed by atoms with Crippen molar-refractivity contribution in [3.05, 3.63) is 35.1 Å². The maximum atomic E-state index is 12.2. The zero-order chi connectivity index (χ0) is 10.5. The molecule has 0 spiro atoms. The molecule has 0 bridgehead atoms. The molecule has 0 aliphatic carbocycles. The van der Waals surface area contributed by atoms with E-state index in [-0.39, 0.29) is 10.8 Å². The van der Waals surface area contributed by atoms with Crippen LogP contribution in [0.4, 0.5) is 4.39 Å². The Kier molecular flexibility index (Phi) is 5.24. The van der Waals surface area contributed by atoms with Crippen molar-refractivity contribution in [1.82, 2.24) is 0 Å². The van der Waals surface area contributed by atoms with E-state index in [1.54, 1.807) is 12.1 Å². The molecule has 0 amide bonds. The number of hydrogen-bond donors (Lipinski definition) is 1. The lowest BCUT2D eigenvalue weighted by Gasteiger charge is -1.86. The van der Waals surface area contributed by atoms with Crippen LogP contribution in [0.3, 0.4) is 0 Å². The summed E-state index contributed by atoms with van der Waals surface area (Å²) in [6.07, 6.45) is 0. The summed E-state index contributed by atoms with van der Waals surface area (Å²) < 4.78 is 37.4. The van der Waals surface area contributed by atoms with Crippen molar-refractivity contribution in [2.24, 2.45) is 0 Å². The van der Waals surface area contributed by atoms with Gasteiger partial charge in [0.1, 0.15) is 5.82 Å². The molecule has 0 heterocycles. The Bertz CT molecular complexity index is 337. The predicted octanol–water partition coefficient (Wildman–Crippen LogP) is 2.51. The first-order valence-electron chi connectivity index (χ1n) is 2.88. The van der Waals surface area contributed by atoms with E-state index in [2.05, 4.69) is 10.7 Å². The van der Waals surface area contributed by atoms with Gasteiger partial charge in [0.15, 0.2) is 0 Å². The summed E-state index contributed by atoms with van der Waals surface area (Å²) in [5.74, 6) is -0.367. The Morgan fingerprint density at radius 1 is 1.31 bits per heavy atom. The monoisotopic (exact) mass is 246 g/mol. The zero-order valence-electron chi connectivity index (χ0n) is 6.12. The molecule has 0 fully saturated rings. The second kappa shape index (κ2) is 5.39. The molecule has 1 rings (SSSR count). The van der Waals surface area contributed by atoms with Crippen LogP contribution in [0.5, 0.6) is 0 Å². The Balaban J connectivity index is 0.000000252. The molecule has 0 unspecified atom stereocenters. The molecule has 1 aromatic rings. The Morgan fingerprint density at radius 2 is 1.69 bits per heavy atom. The van der Waals surface area contributed by atoms with E-state index in [1.807, 2.05) is 0 Å². The summed E-state index contributed by atoms with van der Waals surface area (Å²) in [4.78, 5) is 0. The van der Waals surface area contributed by atoms with Crippen molar-refractivity contribution >= 4 is 31.6 Å². The van der Waals surface area contributed by atoms with Crippen LogP contribution < -0.4 is 0 Å². The third-order valence-corrected chi connectivity index (χ3v) is 1.13. The van der Waals surface area contributed by atoms with Gasteiger partial charge >= 0.3 is 9.33 Å². The third-order valence-electron chi connectivity index (χ3n) is 0.824. The highest BCUT2D eigenvalue weighted by atomic mass is 35.7. The van der Waals surface area contributed by atoms with Crippen LogP contribution in [0, 0.1) is 5.82 Å². The Hall–Kier alpha value is -0.360. The predicted molar refractivity (Wildman–Crippen MR) is 48.8 cm³/mol. The van der Waals surface area contributed by atoms with E-state index in [1.165, 1.54) is 12.1 Å². The lowest BCUT2D eigenvalue weighted by Crippen LogP contribution is -1.77. The summed E-state index contributed by atoms with van der Waals surface area (Å²) in [6, 6.07) is 6.12. The van der Waals surface area contributed by atoms with Crippen LogP contribution in [0.2, 0.25) is 5.02 Å². The fraction of sp³-hybridized carbons (Fsp3) is 0. The average molecular weight is 247 g/mol. The van der Waals surface area contributed by atoms with Gasteiger partial charge in [0.05, 0.1) is 5.02 Å². The van der Waals surface area contributed by atoms with E-state index in [4.69, 9.17) is 24.6 Å². The van der Waals surface area contributed by atoms with Gasteiger partial charge in [0, 0.05) is 10.7 Å². The van der Waals surface area contributed by atoms with Crippen molar-refractivity contribution in [2.45, 2.75) is 0 Å². The molecule has 0 atom stereocenters. The van der Waals surface area contributed by atoms with Crippen LogP contribution in [-0.2, 0) is 9.33 Å². The topological polar surface area (TPSA) is 54.4 Å². The highest BCUT2D eigenvalue weighted by Crippen LogP contribution is 2.11. The summed E-state index contributed by atoms with van der Waals surface area (Å²) in [7, 11) is -0.137. The maximum Gasteiger partial charge on any atom is 0.353 e. The highest BCUT2D eigenvalue weighted by molar-refractivity contribution is 8.09. The third kappa shape index (κ3) is 9.55. The van der Waals surface area contributed by atoms with Crippen molar-refractivity contribution in [2.75, 3.05) is 0 Å². The van der Waals surface area contributed by atoms with E-state index in [0.717, 1.165) is 0 Å². The van der Waals surface area contributed by atoms with Crippen LogP contribution >= 0.6 is 22.3 Å². The first kappa shape index (κ1) is 12.6. The smallest absolute Gasteiger partial charge is 0.273 e. The highest BCUT2D eigenvalue weighted by Gasteiger charge is 1.91. The van der Waals surface area contributed by atoms with Gasteiger partial charge in [-0.15, -0.1) is 0 Å². The molecule has 0 aromatic heterocycles. The van der Waals surface area contributed by atoms with E-state index < -0.39 is 9.33 Å². The largest absolute Gasteiger partial charge is 0.353 e. The quantitative estimate of drug-likeness (QED) is 0.566. The van der Waals surface area contributed by atoms with Crippen LogP contribution in [0.1, 0.15) is 0 Å². The molecule has 0 radical (unpaired) electrons. The van der Waals surface area contributed by atoms with Crippen molar-refractivity contribution in [3.63, 3.8) is 0 Å². The normalized spacial score (nSPS) is 10.2. The molecular weight excluding hydrogens is 242 g/mol.